The minimum atomic E-state index is -3.77. The van der Waals surface area contributed by atoms with E-state index in [4.69, 9.17) is 0 Å². The molecule has 184 valence electrons. The zero-order valence-electron chi connectivity index (χ0n) is 20.5. The van der Waals surface area contributed by atoms with Gasteiger partial charge in [-0.15, -0.1) is 0 Å². The van der Waals surface area contributed by atoms with Gasteiger partial charge in [-0.2, -0.15) is 0 Å². The SMILES string of the molecule is CC1C[C@@H]2CC(N3[C@@H]4CCC[C@H]3CC(n3c(=O)c(P(C)(=O)O)nc5ccccc53)C4)C[C@H](C1)C2. The van der Waals surface area contributed by atoms with Crippen LogP contribution in [0.1, 0.15) is 77.2 Å². The average molecular weight is 484 g/mol. The number of para-hydroxylation sites is 2. The molecule has 1 aromatic heterocycles. The molecule has 3 heterocycles. The fourth-order valence-electron chi connectivity index (χ4n) is 8.36. The van der Waals surface area contributed by atoms with Gasteiger partial charge < -0.3 is 9.46 Å². The molecule has 2 saturated heterocycles. The van der Waals surface area contributed by atoms with Gasteiger partial charge in [-0.1, -0.05) is 25.5 Å². The number of rotatable bonds is 3. The summed E-state index contributed by atoms with van der Waals surface area (Å²) in [5, 5.41) is 0. The van der Waals surface area contributed by atoms with Crippen molar-refractivity contribution in [3.05, 3.63) is 34.6 Å². The molecule has 8 atom stereocenters. The van der Waals surface area contributed by atoms with Crippen molar-refractivity contribution >= 4 is 23.8 Å². The number of aromatic nitrogens is 2. The Bertz CT molecular complexity index is 1160. The highest BCUT2D eigenvalue weighted by Crippen LogP contribution is 2.48. The Hall–Kier alpha value is -1.49. The van der Waals surface area contributed by atoms with Crippen LogP contribution in [-0.2, 0) is 4.57 Å². The summed E-state index contributed by atoms with van der Waals surface area (Å²) < 4.78 is 14.4. The number of hydrogen-bond acceptors (Lipinski definition) is 4. The lowest BCUT2D eigenvalue weighted by Crippen LogP contribution is -2.59. The molecular weight excluding hydrogens is 445 g/mol. The number of benzene rings is 1. The van der Waals surface area contributed by atoms with Crippen LogP contribution in [-0.4, -0.2) is 44.1 Å². The second-order valence-electron chi connectivity index (χ2n) is 12.0. The maximum atomic E-state index is 13.5. The monoisotopic (exact) mass is 483 g/mol. The maximum absolute atomic E-state index is 13.5. The molecule has 4 bridgehead atoms. The lowest BCUT2D eigenvalue weighted by Gasteiger charge is -2.55. The van der Waals surface area contributed by atoms with E-state index in [9.17, 15) is 14.3 Å². The van der Waals surface area contributed by atoms with Gasteiger partial charge in [0.2, 0.25) is 7.37 Å². The van der Waals surface area contributed by atoms with E-state index in [2.05, 4.69) is 16.8 Å². The summed E-state index contributed by atoms with van der Waals surface area (Å²) in [6, 6.07) is 9.36. The van der Waals surface area contributed by atoms with Crippen LogP contribution in [0.4, 0.5) is 0 Å². The fourth-order valence-corrected chi connectivity index (χ4v) is 9.12. The second-order valence-corrected chi connectivity index (χ2v) is 14.1. The summed E-state index contributed by atoms with van der Waals surface area (Å²) in [6.07, 6.45) is 12.5. The minimum Gasteiger partial charge on any atom is -0.340 e. The van der Waals surface area contributed by atoms with Crippen LogP contribution in [0, 0.1) is 17.8 Å². The highest BCUT2D eigenvalue weighted by Gasteiger charge is 2.46. The first-order chi connectivity index (χ1) is 16.3. The molecule has 6 rings (SSSR count). The largest absolute Gasteiger partial charge is 0.340 e. The second kappa shape index (κ2) is 8.57. The molecule has 4 fully saturated rings. The average Bonchev–Trinajstić information content (AvgIpc) is 2.76. The Morgan fingerprint density at radius 3 is 2.21 bits per heavy atom. The third-order valence-corrected chi connectivity index (χ3v) is 10.4. The highest BCUT2D eigenvalue weighted by molar-refractivity contribution is 7.65. The van der Waals surface area contributed by atoms with Crippen LogP contribution in [0.5, 0.6) is 0 Å². The fraction of sp³-hybridized carbons (Fsp3) is 0.704. The predicted molar refractivity (Wildman–Crippen MR) is 136 cm³/mol. The van der Waals surface area contributed by atoms with Crippen molar-refractivity contribution in [2.75, 3.05) is 6.66 Å². The van der Waals surface area contributed by atoms with E-state index in [-0.39, 0.29) is 17.0 Å². The van der Waals surface area contributed by atoms with Crippen molar-refractivity contribution in [2.45, 2.75) is 95.3 Å². The summed E-state index contributed by atoms with van der Waals surface area (Å²) in [5.74, 6) is 2.67. The molecule has 2 saturated carbocycles. The maximum Gasteiger partial charge on any atom is 0.283 e. The van der Waals surface area contributed by atoms with E-state index in [1.165, 1.54) is 58.0 Å². The number of piperidine rings is 2. The van der Waals surface area contributed by atoms with Crippen LogP contribution in [0.15, 0.2) is 29.1 Å². The highest BCUT2D eigenvalue weighted by atomic mass is 31.2. The van der Waals surface area contributed by atoms with Gasteiger partial charge in [0.25, 0.3) is 5.56 Å². The van der Waals surface area contributed by atoms with E-state index in [1.807, 2.05) is 28.8 Å². The van der Waals surface area contributed by atoms with Gasteiger partial charge >= 0.3 is 0 Å². The first kappa shape index (κ1) is 22.9. The first-order valence-electron chi connectivity index (χ1n) is 13.4. The van der Waals surface area contributed by atoms with E-state index in [0.717, 1.165) is 36.1 Å². The predicted octanol–water partition coefficient (Wildman–Crippen LogP) is 4.69. The van der Waals surface area contributed by atoms with Crippen molar-refractivity contribution in [1.29, 1.82) is 0 Å². The zero-order chi connectivity index (χ0) is 23.6. The smallest absolute Gasteiger partial charge is 0.283 e. The third-order valence-electron chi connectivity index (χ3n) is 9.31. The molecule has 34 heavy (non-hydrogen) atoms. The van der Waals surface area contributed by atoms with Crippen LogP contribution in [0.2, 0.25) is 0 Å². The van der Waals surface area contributed by atoms with Crippen molar-refractivity contribution in [2.24, 2.45) is 17.8 Å². The molecular formula is C27H38N3O3P. The minimum absolute atomic E-state index is 0.0559. The van der Waals surface area contributed by atoms with E-state index < -0.39 is 7.37 Å². The van der Waals surface area contributed by atoms with Crippen LogP contribution in [0.25, 0.3) is 11.0 Å². The van der Waals surface area contributed by atoms with Crippen molar-refractivity contribution < 1.29 is 9.46 Å². The molecule has 0 spiro atoms. The molecule has 1 aromatic carbocycles. The van der Waals surface area contributed by atoms with E-state index >= 15 is 0 Å². The summed E-state index contributed by atoms with van der Waals surface area (Å²) in [6.45, 7) is 3.67. The lowest BCUT2D eigenvalue weighted by atomic mass is 9.65. The summed E-state index contributed by atoms with van der Waals surface area (Å²) in [5.41, 5.74) is 0.884. The first-order valence-corrected chi connectivity index (χ1v) is 15.5. The molecule has 4 aliphatic rings. The lowest BCUT2D eigenvalue weighted by molar-refractivity contribution is -0.0524. The summed E-state index contributed by atoms with van der Waals surface area (Å²) in [4.78, 5) is 31.1. The van der Waals surface area contributed by atoms with Crippen LogP contribution >= 0.6 is 7.37 Å². The zero-order valence-corrected chi connectivity index (χ0v) is 21.4. The Labute approximate surface area is 202 Å². The topological polar surface area (TPSA) is 75.4 Å². The van der Waals surface area contributed by atoms with Gasteiger partial charge in [-0.3, -0.25) is 14.3 Å². The molecule has 4 unspecified atom stereocenters. The van der Waals surface area contributed by atoms with E-state index in [0.29, 0.717) is 23.6 Å². The molecule has 1 N–H and O–H groups in total. The van der Waals surface area contributed by atoms with Gasteiger partial charge in [0.1, 0.15) is 0 Å². The summed E-state index contributed by atoms with van der Waals surface area (Å²) in [7, 11) is -3.77. The Kier molecular flexibility index (Phi) is 5.78. The number of fused-ring (bicyclic) bond motifs is 5. The molecule has 7 heteroatoms. The number of hydrogen-bond donors (Lipinski definition) is 1. The van der Waals surface area contributed by atoms with Gasteiger partial charge in [-0.05, 0) is 87.7 Å². The van der Waals surface area contributed by atoms with Crippen molar-refractivity contribution in [3.63, 3.8) is 0 Å². The molecule has 2 aliphatic carbocycles. The van der Waals surface area contributed by atoms with Crippen LogP contribution in [0.3, 0.4) is 0 Å². The van der Waals surface area contributed by atoms with Gasteiger partial charge in [0, 0.05) is 30.8 Å². The van der Waals surface area contributed by atoms with Crippen molar-refractivity contribution in [1.82, 2.24) is 14.5 Å². The molecule has 6 nitrogen and oxygen atoms in total. The molecule has 2 aliphatic heterocycles. The normalized spacial score (nSPS) is 37.9. The molecule has 2 aromatic rings. The summed E-state index contributed by atoms with van der Waals surface area (Å²) >= 11 is 0. The van der Waals surface area contributed by atoms with Crippen LogP contribution < -0.4 is 11.0 Å². The van der Waals surface area contributed by atoms with Crippen molar-refractivity contribution in [3.8, 4) is 0 Å². The van der Waals surface area contributed by atoms with E-state index in [1.54, 1.807) is 0 Å². The quantitative estimate of drug-likeness (QED) is 0.641. The van der Waals surface area contributed by atoms with Gasteiger partial charge in [-0.25, -0.2) is 4.98 Å². The number of nitrogens with zero attached hydrogens (tertiary/aromatic N) is 3. The molecule has 0 amide bonds. The third kappa shape index (κ3) is 4.00. The standard InChI is InChI=1S/C27H38N3O3P/c1-17-10-18-12-19(11-17)14-22(13-18)29-20-6-5-7-21(29)16-23(15-20)30-25-9-4-3-8-24(25)28-26(27(30)31)34(2,32)33/h3-4,8-9,17-23H,5-7,10-16H2,1-2H3,(H,32,33)/t17?,18-,19+,20-,21+,22?,23?. The van der Waals surface area contributed by atoms with Gasteiger partial charge in [0.15, 0.2) is 5.44 Å². The molecule has 0 radical (unpaired) electrons. The van der Waals surface area contributed by atoms with Gasteiger partial charge in [0.05, 0.1) is 11.0 Å². The Balaban J connectivity index is 1.34. The Morgan fingerprint density at radius 1 is 0.912 bits per heavy atom. The Morgan fingerprint density at radius 2 is 1.56 bits per heavy atom.